The van der Waals surface area contributed by atoms with Crippen LogP contribution < -0.4 is 5.32 Å². The molecule has 2 unspecified atom stereocenters. The van der Waals surface area contributed by atoms with Crippen molar-refractivity contribution in [3.05, 3.63) is 72.3 Å². The quantitative estimate of drug-likeness (QED) is 0.238. The Morgan fingerprint density at radius 1 is 1.27 bits per heavy atom. The normalized spacial score (nSPS) is 26.7. The summed E-state index contributed by atoms with van der Waals surface area (Å²) in [4.78, 5) is 22.4. The van der Waals surface area contributed by atoms with Gasteiger partial charge in [0.2, 0.25) is 5.91 Å². The van der Waals surface area contributed by atoms with Gasteiger partial charge in [0, 0.05) is 12.5 Å². The Bertz CT molecular complexity index is 675. The van der Waals surface area contributed by atoms with Crippen LogP contribution in [0.25, 0.3) is 0 Å². The van der Waals surface area contributed by atoms with Gasteiger partial charge in [0.1, 0.15) is 12.9 Å². The first-order chi connectivity index (χ1) is 14.5. The van der Waals surface area contributed by atoms with Crippen LogP contribution in [0.4, 0.5) is 0 Å². The van der Waals surface area contributed by atoms with Crippen molar-refractivity contribution >= 4 is 5.91 Å². The molecule has 1 rings (SSSR count). The number of rotatable bonds is 4. The summed E-state index contributed by atoms with van der Waals surface area (Å²) in [7, 11) is 0. The zero-order chi connectivity index (χ0) is 22.0. The zero-order valence-corrected chi connectivity index (χ0v) is 18.0. The van der Waals surface area contributed by atoms with Crippen molar-refractivity contribution in [2.45, 2.75) is 45.9 Å². The molecule has 0 spiro atoms. The van der Waals surface area contributed by atoms with Crippen molar-refractivity contribution in [3.8, 4) is 0 Å². The largest absolute Gasteiger partial charge is 0.497 e. The Morgan fingerprint density at radius 3 is 2.90 bits per heavy atom. The molecule has 0 aromatic carbocycles. The van der Waals surface area contributed by atoms with E-state index < -0.39 is 18.2 Å². The molecule has 0 fully saturated rings. The van der Waals surface area contributed by atoms with Crippen LogP contribution in [0, 0.1) is 0 Å². The van der Waals surface area contributed by atoms with Gasteiger partial charge in [-0.25, -0.2) is 0 Å². The van der Waals surface area contributed by atoms with Gasteiger partial charge in [-0.05, 0) is 44.9 Å². The molecule has 7 nitrogen and oxygen atoms in total. The number of carbonyl (C=O) groups excluding carboxylic acids is 1. The summed E-state index contributed by atoms with van der Waals surface area (Å²) in [5, 5.41) is 12.9. The molecule has 2 N–H and O–H groups in total. The molecule has 0 saturated heterocycles. The predicted octanol–water partition coefficient (Wildman–Crippen LogP) is 3.62. The second kappa shape index (κ2) is 16.2. The fourth-order valence-corrected chi connectivity index (χ4v) is 2.28. The molecule has 1 aliphatic heterocycles. The maximum absolute atomic E-state index is 11.9. The summed E-state index contributed by atoms with van der Waals surface area (Å²) in [5.41, 5.74) is 1.92. The second-order valence-electron chi connectivity index (χ2n) is 6.71. The van der Waals surface area contributed by atoms with Gasteiger partial charge in [-0.1, -0.05) is 36.0 Å². The van der Waals surface area contributed by atoms with E-state index in [-0.39, 0.29) is 0 Å². The summed E-state index contributed by atoms with van der Waals surface area (Å²) >= 11 is 0. The summed E-state index contributed by atoms with van der Waals surface area (Å²) in [6.07, 6.45) is 15.8. The maximum Gasteiger partial charge on any atom is 0.246 e. The minimum absolute atomic E-state index is 0.347. The van der Waals surface area contributed by atoms with Crippen LogP contribution >= 0.6 is 0 Å². The van der Waals surface area contributed by atoms with Crippen LogP contribution in [0.3, 0.4) is 0 Å². The molecule has 0 aromatic heterocycles. The van der Waals surface area contributed by atoms with E-state index >= 15 is 0 Å². The summed E-state index contributed by atoms with van der Waals surface area (Å²) in [6.45, 7) is 7.13. The van der Waals surface area contributed by atoms with Crippen molar-refractivity contribution in [2.75, 3.05) is 19.8 Å². The Balaban J connectivity index is 2.79. The molecule has 166 valence electrons. The molecule has 0 radical (unpaired) electrons. The summed E-state index contributed by atoms with van der Waals surface area (Å²) in [5.74, 6) is -0.434. The van der Waals surface area contributed by atoms with Crippen LogP contribution in [0.2, 0.25) is 0 Å². The van der Waals surface area contributed by atoms with Gasteiger partial charge in [-0.2, -0.15) is 4.89 Å². The highest BCUT2D eigenvalue weighted by Crippen LogP contribution is 2.12. The number of nitrogens with one attached hydrogen (secondary N) is 1. The topological polar surface area (TPSA) is 86.3 Å². The second-order valence-corrected chi connectivity index (χ2v) is 6.71. The first-order valence-corrected chi connectivity index (χ1v) is 9.95. The van der Waals surface area contributed by atoms with Crippen LogP contribution in [0.1, 0.15) is 33.6 Å². The van der Waals surface area contributed by atoms with E-state index in [1.807, 2.05) is 39.0 Å². The molecule has 1 aliphatic rings. The molecule has 0 aliphatic carbocycles. The van der Waals surface area contributed by atoms with Gasteiger partial charge < -0.3 is 24.8 Å². The summed E-state index contributed by atoms with van der Waals surface area (Å²) in [6, 6.07) is 0. The minimum atomic E-state index is -1.26. The molecule has 0 aromatic rings. The fourth-order valence-electron chi connectivity index (χ4n) is 2.28. The highest BCUT2D eigenvalue weighted by molar-refractivity contribution is 5.87. The first kappa shape index (κ1) is 25.4. The number of ether oxygens (including phenoxy) is 2. The third-order valence-corrected chi connectivity index (χ3v) is 3.89. The lowest BCUT2D eigenvalue weighted by Gasteiger charge is -2.22. The van der Waals surface area contributed by atoms with E-state index in [0.29, 0.717) is 26.2 Å². The molecule has 0 saturated carbocycles. The number of hydrogen-bond acceptors (Lipinski definition) is 6. The van der Waals surface area contributed by atoms with Crippen LogP contribution in [0.15, 0.2) is 72.3 Å². The molecular weight excluding hydrogens is 386 g/mol. The average Bonchev–Trinajstić information content (AvgIpc) is 2.70. The Labute approximate surface area is 179 Å². The zero-order valence-electron chi connectivity index (χ0n) is 18.0. The lowest BCUT2D eigenvalue weighted by Crippen LogP contribution is -2.43. The minimum Gasteiger partial charge on any atom is -0.497 e. The molecule has 7 heteroatoms. The van der Waals surface area contributed by atoms with Gasteiger partial charge in [-0.15, -0.1) is 0 Å². The molecule has 1 amide bonds. The number of hydrogen-bond donors (Lipinski definition) is 2. The van der Waals surface area contributed by atoms with Crippen molar-refractivity contribution in [1.82, 2.24) is 5.32 Å². The van der Waals surface area contributed by atoms with Gasteiger partial charge in [0.25, 0.3) is 0 Å². The van der Waals surface area contributed by atoms with Gasteiger partial charge in [0.05, 0.1) is 19.5 Å². The summed E-state index contributed by atoms with van der Waals surface area (Å²) < 4.78 is 11.0. The van der Waals surface area contributed by atoms with Crippen molar-refractivity contribution in [3.63, 3.8) is 0 Å². The van der Waals surface area contributed by atoms with Crippen molar-refractivity contribution < 1.29 is 29.1 Å². The van der Waals surface area contributed by atoms with Gasteiger partial charge in [-0.3, -0.25) is 4.79 Å². The lowest BCUT2D eigenvalue weighted by molar-refractivity contribution is -0.301. The first-order valence-electron chi connectivity index (χ1n) is 9.95. The monoisotopic (exact) mass is 419 g/mol. The molecule has 0 bridgehead atoms. The highest BCUT2D eigenvalue weighted by Gasteiger charge is 2.23. The Kier molecular flexibility index (Phi) is 13.7. The van der Waals surface area contributed by atoms with Gasteiger partial charge >= 0.3 is 0 Å². The third kappa shape index (κ3) is 12.8. The number of amides is 1. The van der Waals surface area contributed by atoms with E-state index in [1.54, 1.807) is 30.6 Å². The Morgan fingerprint density at radius 2 is 2.10 bits per heavy atom. The molecule has 30 heavy (non-hydrogen) atoms. The smallest absolute Gasteiger partial charge is 0.246 e. The number of allylic oxidation sites excluding steroid dienone is 5. The van der Waals surface area contributed by atoms with E-state index in [1.165, 1.54) is 12.3 Å². The number of carbonyl (C=O) groups is 1. The molecule has 1 heterocycles. The average molecular weight is 420 g/mol. The van der Waals surface area contributed by atoms with Crippen molar-refractivity contribution in [1.29, 1.82) is 0 Å². The van der Waals surface area contributed by atoms with Crippen LogP contribution in [0.5, 0.6) is 0 Å². The van der Waals surface area contributed by atoms with E-state index in [9.17, 15) is 9.90 Å². The predicted molar refractivity (Wildman–Crippen MR) is 116 cm³/mol. The highest BCUT2D eigenvalue weighted by atomic mass is 17.2. The molecular formula is C23H33NO6. The Hall–Kier alpha value is -2.61. The van der Waals surface area contributed by atoms with Crippen molar-refractivity contribution in [2.24, 2.45) is 0 Å². The molecule has 2 atom stereocenters. The van der Waals surface area contributed by atoms with E-state index in [4.69, 9.17) is 19.2 Å². The van der Waals surface area contributed by atoms with E-state index in [0.717, 1.165) is 17.6 Å². The maximum atomic E-state index is 11.9. The SMILES string of the molecule is C/C=C/C=C\C(=O)NC(O)C1C/C(C)=C\COCC/C=C/OC/C(C)=C/C=C/OO1. The number of aliphatic hydroxyl groups excluding tert-OH is 1. The fraction of sp³-hybridized carbons (Fsp3) is 0.435. The van der Waals surface area contributed by atoms with Crippen LogP contribution in [-0.2, 0) is 24.0 Å². The third-order valence-electron chi connectivity index (χ3n) is 3.89. The van der Waals surface area contributed by atoms with Crippen LogP contribution in [-0.4, -0.2) is 43.2 Å². The number of aliphatic hydroxyl groups is 1. The van der Waals surface area contributed by atoms with E-state index in [2.05, 4.69) is 5.32 Å². The standard InChI is InChI=1S/C23H33NO6/c1-4-5-6-11-22(25)24-23(26)21-17-19(2)12-16-27-13-7-8-14-28-18-20(3)10-9-15-29-30-21/h4-6,8-12,14-15,21,23,26H,7,13,16-18H2,1-3H3,(H,24,25)/b5-4+,11-6-,14-8+,15-9+,19-12-,20-10+. The van der Waals surface area contributed by atoms with Gasteiger partial charge in [0.15, 0.2) is 12.3 Å². The lowest BCUT2D eigenvalue weighted by atomic mass is 10.1.